The Morgan fingerprint density at radius 3 is 2.29 bits per heavy atom. The number of aryl methyl sites for hydroxylation is 1. The van der Waals surface area contributed by atoms with Crippen molar-refractivity contribution in [3.8, 4) is 0 Å². The van der Waals surface area contributed by atoms with Gasteiger partial charge in [0.1, 0.15) is 0 Å². The van der Waals surface area contributed by atoms with E-state index >= 15 is 0 Å². The second kappa shape index (κ2) is 11.3. The first-order valence-corrected chi connectivity index (χ1v) is 9.04. The van der Waals surface area contributed by atoms with Gasteiger partial charge in [-0.1, -0.05) is 24.3 Å². The summed E-state index contributed by atoms with van der Waals surface area (Å²) in [6.07, 6.45) is 2.50. The summed E-state index contributed by atoms with van der Waals surface area (Å²) in [4.78, 5) is 38.6. The largest absolute Gasteiger partial charge is 0.475 e. The Morgan fingerprint density at radius 1 is 1.14 bits per heavy atom. The maximum Gasteiger partial charge on any atom is 0.475 e. The molecule has 0 aliphatic rings. The molecule has 8 nitrogen and oxygen atoms in total. The van der Waals surface area contributed by atoms with Gasteiger partial charge >= 0.3 is 7.12 Å². The summed E-state index contributed by atoms with van der Waals surface area (Å²) in [6.45, 7) is 3.61. The molecule has 0 bridgehead atoms. The second-order valence-corrected chi connectivity index (χ2v) is 6.64. The van der Waals surface area contributed by atoms with Crippen LogP contribution in [0.3, 0.4) is 0 Å². The summed E-state index contributed by atoms with van der Waals surface area (Å²) in [5, 5.41) is 21.8. The fourth-order valence-electron chi connectivity index (χ4n) is 2.48. The highest BCUT2D eigenvalue weighted by molar-refractivity contribution is 6.43. The minimum atomic E-state index is -1.74. The lowest BCUT2D eigenvalue weighted by Gasteiger charge is -2.22. The predicted octanol–water partition coefficient (Wildman–Crippen LogP) is -0.473. The molecule has 3 amide bonds. The van der Waals surface area contributed by atoms with Crippen LogP contribution in [0.1, 0.15) is 18.1 Å². The maximum atomic E-state index is 12.3. The van der Waals surface area contributed by atoms with Crippen molar-refractivity contribution in [2.75, 3.05) is 27.2 Å². The van der Waals surface area contributed by atoms with Crippen LogP contribution in [0.25, 0.3) is 0 Å². The predicted molar refractivity (Wildman–Crippen MR) is 107 cm³/mol. The van der Waals surface area contributed by atoms with Crippen molar-refractivity contribution in [3.05, 3.63) is 47.5 Å². The van der Waals surface area contributed by atoms with Gasteiger partial charge in [0.2, 0.25) is 17.7 Å². The van der Waals surface area contributed by atoms with Gasteiger partial charge in [-0.2, -0.15) is 0 Å². The van der Waals surface area contributed by atoms with E-state index < -0.39 is 24.9 Å². The molecule has 0 spiro atoms. The summed E-state index contributed by atoms with van der Waals surface area (Å²) < 4.78 is 0. The van der Waals surface area contributed by atoms with Crippen molar-refractivity contribution in [3.63, 3.8) is 0 Å². The number of nitrogens with one attached hydrogen (secondary N) is 1. The van der Waals surface area contributed by atoms with E-state index in [0.717, 1.165) is 23.3 Å². The zero-order valence-electron chi connectivity index (χ0n) is 16.8. The molecule has 1 rings (SSSR count). The van der Waals surface area contributed by atoms with E-state index in [2.05, 4.69) is 5.32 Å². The van der Waals surface area contributed by atoms with Crippen LogP contribution in [0.2, 0.25) is 0 Å². The first-order valence-electron chi connectivity index (χ1n) is 9.04. The molecule has 1 atom stereocenters. The number of carbonyl (C=O) groups excluding carboxylic acids is 3. The van der Waals surface area contributed by atoms with Crippen molar-refractivity contribution in [2.24, 2.45) is 0 Å². The fraction of sp³-hybridized carbons (Fsp3) is 0.421. The number of hydrogen-bond acceptors (Lipinski definition) is 5. The molecule has 0 heterocycles. The van der Waals surface area contributed by atoms with Gasteiger partial charge in [-0.15, -0.1) is 0 Å². The lowest BCUT2D eigenvalue weighted by Crippen LogP contribution is -2.51. The number of nitrogens with zero attached hydrogens (tertiary/aromatic N) is 2. The third-order valence-electron chi connectivity index (χ3n) is 4.24. The van der Waals surface area contributed by atoms with Crippen molar-refractivity contribution in [1.29, 1.82) is 0 Å². The number of amides is 3. The van der Waals surface area contributed by atoms with Crippen LogP contribution >= 0.6 is 0 Å². The second-order valence-electron chi connectivity index (χ2n) is 6.64. The molecule has 152 valence electrons. The van der Waals surface area contributed by atoms with Crippen LogP contribution in [0.15, 0.2) is 36.4 Å². The molecule has 0 aromatic heterocycles. The van der Waals surface area contributed by atoms with E-state index in [1.807, 2.05) is 31.2 Å². The quantitative estimate of drug-likeness (QED) is 0.391. The normalized spacial score (nSPS) is 11.8. The Balaban J connectivity index is 2.73. The summed E-state index contributed by atoms with van der Waals surface area (Å²) in [5.41, 5.74) is 1.86. The number of likely N-dealkylation sites (N-methyl/N-ethyl adjacent to an activating group) is 2. The van der Waals surface area contributed by atoms with Gasteiger partial charge in [0.15, 0.2) is 0 Å². The maximum absolute atomic E-state index is 12.3. The van der Waals surface area contributed by atoms with E-state index in [0.29, 0.717) is 0 Å². The molecule has 0 saturated heterocycles. The summed E-state index contributed by atoms with van der Waals surface area (Å²) >= 11 is 0. The van der Waals surface area contributed by atoms with E-state index in [4.69, 9.17) is 0 Å². The van der Waals surface area contributed by atoms with Crippen LogP contribution in [0.5, 0.6) is 0 Å². The lowest BCUT2D eigenvalue weighted by atomic mass is 9.75. The molecule has 0 aliphatic heterocycles. The van der Waals surface area contributed by atoms with Crippen molar-refractivity contribution in [2.45, 2.75) is 26.2 Å². The van der Waals surface area contributed by atoms with E-state index in [9.17, 15) is 24.4 Å². The van der Waals surface area contributed by atoms with Crippen LogP contribution in [-0.2, 0) is 20.8 Å². The Labute approximate surface area is 166 Å². The molecule has 0 saturated carbocycles. The van der Waals surface area contributed by atoms with E-state index in [1.165, 1.54) is 9.80 Å². The van der Waals surface area contributed by atoms with Gasteiger partial charge < -0.3 is 25.2 Å². The first-order chi connectivity index (χ1) is 13.1. The van der Waals surface area contributed by atoms with Crippen LogP contribution in [0, 0.1) is 6.92 Å². The molecular weight excluding hydrogens is 361 g/mol. The first kappa shape index (κ1) is 23.4. The van der Waals surface area contributed by atoms with Gasteiger partial charge in [-0.05, 0) is 31.4 Å². The highest BCUT2D eigenvalue weighted by Crippen LogP contribution is 2.10. The van der Waals surface area contributed by atoms with Crippen LogP contribution < -0.4 is 5.32 Å². The van der Waals surface area contributed by atoms with Crippen LogP contribution in [0.4, 0.5) is 0 Å². The zero-order chi connectivity index (χ0) is 21.3. The summed E-state index contributed by atoms with van der Waals surface area (Å²) in [6, 6.07) is 7.47. The molecule has 0 aliphatic carbocycles. The number of rotatable bonds is 9. The van der Waals surface area contributed by atoms with Gasteiger partial charge in [0, 0.05) is 32.8 Å². The Bertz CT molecular complexity index is 721. The molecule has 0 radical (unpaired) electrons. The highest BCUT2D eigenvalue weighted by atomic mass is 16.4. The van der Waals surface area contributed by atoms with Gasteiger partial charge in [-0.3, -0.25) is 14.4 Å². The third-order valence-corrected chi connectivity index (χ3v) is 4.24. The highest BCUT2D eigenvalue weighted by Gasteiger charge is 2.27. The summed E-state index contributed by atoms with van der Waals surface area (Å²) in [5.74, 6) is -2.24. The van der Waals surface area contributed by atoms with E-state index in [1.54, 1.807) is 21.0 Å². The minimum Gasteiger partial charge on any atom is -0.426 e. The van der Waals surface area contributed by atoms with Gasteiger partial charge in [0.05, 0.1) is 12.5 Å². The average molecular weight is 389 g/mol. The Kier molecular flexibility index (Phi) is 9.40. The van der Waals surface area contributed by atoms with E-state index in [-0.39, 0.29) is 25.4 Å². The topological polar surface area (TPSA) is 110 Å². The smallest absolute Gasteiger partial charge is 0.426 e. The molecule has 3 N–H and O–H groups in total. The Morgan fingerprint density at radius 2 is 1.75 bits per heavy atom. The fourth-order valence-corrected chi connectivity index (χ4v) is 2.48. The Hall–Kier alpha value is -2.65. The number of hydrogen-bond donors (Lipinski definition) is 3. The monoisotopic (exact) mass is 389 g/mol. The zero-order valence-corrected chi connectivity index (χ0v) is 16.8. The SMILES string of the molecule is CCN(CC(=O)N[C@@H](Cc1ccccc1C)B(O)O)C(=O)/C=C/C(=O)N(C)C. The standard InChI is InChI=1S/C19H28BN3O5/c1-5-23(19(26)11-10-18(25)22(3)4)13-17(24)21-16(20(27)28)12-15-9-7-6-8-14(15)2/h6-11,16,27-28H,5,12-13H2,1-4H3,(H,21,24)/b11-10+/t16-/m0/s1. The average Bonchev–Trinajstić information content (AvgIpc) is 2.64. The van der Waals surface area contributed by atoms with Crippen LogP contribution in [-0.4, -0.2) is 77.8 Å². The molecule has 28 heavy (non-hydrogen) atoms. The van der Waals surface area contributed by atoms with Crippen molar-refractivity contribution < 1.29 is 24.4 Å². The number of benzene rings is 1. The third kappa shape index (κ3) is 7.54. The molecule has 1 aromatic rings. The molecule has 0 fully saturated rings. The summed E-state index contributed by atoms with van der Waals surface area (Å²) in [7, 11) is 1.39. The lowest BCUT2D eigenvalue weighted by molar-refractivity contribution is -0.132. The molecular formula is C19H28BN3O5. The van der Waals surface area contributed by atoms with Crippen molar-refractivity contribution >= 4 is 24.8 Å². The minimum absolute atomic E-state index is 0.243. The van der Waals surface area contributed by atoms with Crippen molar-refractivity contribution in [1.82, 2.24) is 15.1 Å². The van der Waals surface area contributed by atoms with Gasteiger partial charge in [-0.25, -0.2) is 0 Å². The number of carbonyl (C=O) groups is 3. The molecule has 1 aromatic carbocycles. The molecule has 9 heteroatoms. The van der Waals surface area contributed by atoms with Gasteiger partial charge in [0.25, 0.3) is 0 Å². The molecule has 0 unspecified atom stereocenters.